The highest BCUT2D eigenvalue weighted by Gasteiger charge is 2.19. The normalized spacial score (nSPS) is 13.4. The van der Waals surface area contributed by atoms with Crippen LogP contribution in [0.5, 0.6) is 0 Å². The van der Waals surface area contributed by atoms with E-state index >= 15 is 0 Å². The second-order valence-corrected chi connectivity index (χ2v) is 6.32. The maximum atomic E-state index is 12.2. The number of hydrogen-bond acceptors (Lipinski definition) is 3. The number of nitrogens with one attached hydrogen (secondary N) is 3. The van der Waals surface area contributed by atoms with Gasteiger partial charge >= 0.3 is 0 Å². The van der Waals surface area contributed by atoms with Gasteiger partial charge in [-0.2, -0.15) is 0 Å². The molecule has 0 bridgehead atoms. The lowest BCUT2D eigenvalue weighted by molar-refractivity contribution is 0.0943. The van der Waals surface area contributed by atoms with Gasteiger partial charge in [-0.05, 0) is 49.9 Å². The van der Waals surface area contributed by atoms with Crippen LogP contribution in [0, 0.1) is 0 Å². The Balaban J connectivity index is 1.83. The van der Waals surface area contributed by atoms with Crippen LogP contribution < -0.4 is 16.2 Å². The van der Waals surface area contributed by atoms with Crippen LogP contribution in [0.1, 0.15) is 53.4 Å². The minimum Gasteiger partial charge on any atom is -0.361 e. The summed E-state index contributed by atoms with van der Waals surface area (Å²) in [7, 11) is 0. The van der Waals surface area contributed by atoms with Crippen molar-refractivity contribution in [1.82, 2.24) is 16.2 Å². The van der Waals surface area contributed by atoms with Crippen LogP contribution >= 0.6 is 23.6 Å². The van der Waals surface area contributed by atoms with Crippen molar-refractivity contribution in [3.63, 3.8) is 0 Å². The van der Waals surface area contributed by atoms with Crippen LogP contribution in [0.2, 0.25) is 0 Å². The molecule has 4 nitrogen and oxygen atoms in total. The third-order valence-electron chi connectivity index (χ3n) is 3.41. The number of carbonyl (C=O) groups excluding carboxylic acids is 1. The summed E-state index contributed by atoms with van der Waals surface area (Å²) in [5, 5.41) is 5.48. The highest BCUT2D eigenvalue weighted by Crippen LogP contribution is 2.29. The number of thiophene rings is 1. The molecule has 0 fully saturated rings. The molecule has 6 heteroatoms. The predicted octanol–water partition coefficient (Wildman–Crippen LogP) is 2.54. The highest BCUT2D eigenvalue weighted by atomic mass is 32.1. The van der Waals surface area contributed by atoms with E-state index in [0.29, 0.717) is 5.11 Å². The van der Waals surface area contributed by atoms with Gasteiger partial charge in [-0.1, -0.05) is 13.3 Å². The monoisotopic (exact) mass is 311 g/mol. The number of thiocarbonyl (C=S) groups is 1. The van der Waals surface area contributed by atoms with Crippen LogP contribution in [0.25, 0.3) is 0 Å². The Hall–Kier alpha value is -1.14. The Morgan fingerprint density at radius 1 is 1.35 bits per heavy atom. The van der Waals surface area contributed by atoms with E-state index in [1.165, 1.54) is 23.3 Å². The second-order valence-electron chi connectivity index (χ2n) is 4.95. The molecule has 0 aliphatic heterocycles. The molecule has 1 heterocycles. The average Bonchev–Trinajstić information content (AvgIpc) is 2.89. The van der Waals surface area contributed by atoms with Gasteiger partial charge in [-0.3, -0.25) is 15.6 Å². The molecule has 0 atom stereocenters. The number of hydrogen-bond donors (Lipinski definition) is 3. The fourth-order valence-corrected chi connectivity index (χ4v) is 3.57. The van der Waals surface area contributed by atoms with E-state index in [2.05, 4.69) is 23.1 Å². The van der Waals surface area contributed by atoms with E-state index in [1.54, 1.807) is 11.3 Å². The summed E-state index contributed by atoms with van der Waals surface area (Å²) in [6, 6.07) is 0. The standard InChI is InChI=1S/C14H21N3OS2/c1-2-3-8-15-14(19)17-16-13(18)11-9-20-12-7-5-4-6-10(11)12/h9H,2-8H2,1H3,(H,16,18)(H2,15,17,19). The lowest BCUT2D eigenvalue weighted by Gasteiger charge is -2.14. The summed E-state index contributed by atoms with van der Waals surface area (Å²) in [5.41, 5.74) is 7.46. The van der Waals surface area contributed by atoms with E-state index in [9.17, 15) is 4.79 Å². The molecule has 2 rings (SSSR count). The Bertz CT molecular complexity index is 485. The van der Waals surface area contributed by atoms with Crippen molar-refractivity contribution in [3.8, 4) is 0 Å². The first-order valence-electron chi connectivity index (χ1n) is 7.15. The zero-order valence-electron chi connectivity index (χ0n) is 11.8. The summed E-state index contributed by atoms with van der Waals surface area (Å²) < 4.78 is 0. The number of hydrazine groups is 1. The first kappa shape index (κ1) is 15.3. The van der Waals surface area contributed by atoms with Gasteiger partial charge in [0.1, 0.15) is 0 Å². The summed E-state index contributed by atoms with van der Waals surface area (Å²) in [4.78, 5) is 13.5. The summed E-state index contributed by atoms with van der Waals surface area (Å²) in [5.74, 6) is -0.0935. The largest absolute Gasteiger partial charge is 0.361 e. The van der Waals surface area contributed by atoms with Crippen LogP contribution in [-0.2, 0) is 12.8 Å². The minimum absolute atomic E-state index is 0.0935. The maximum absolute atomic E-state index is 12.2. The Labute approximate surface area is 129 Å². The number of aryl methyl sites for hydroxylation is 1. The molecule has 3 N–H and O–H groups in total. The Kier molecular flexibility index (Phi) is 5.79. The number of fused-ring (bicyclic) bond motifs is 1. The van der Waals surface area contributed by atoms with Crippen LogP contribution in [-0.4, -0.2) is 17.6 Å². The van der Waals surface area contributed by atoms with Gasteiger partial charge in [0, 0.05) is 16.8 Å². The van der Waals surface area contributed by atoms with Crippen molar-refractivity contribution < 1.29 is 4.79 Å². The third kappa shape index (κ3) is 3.93. The van der Waals surface area contributed by atoms with E-state index < -0.39 is 0 Å². The minimum atomic E-state index is -0.0935. The Morgan fingerprint density at radius 2 is 2.15 bits per heavy atom. The molecule has 1 aliphatic carbocycles. The quantitative estimate of drug-likeness (QED) is 0.454. The predicted molar refractivity (Wildman–Crippen MR) is 87.1 cm³/mol. The van der Waals surface area contributed by atoms with Crippen LogP contribution in [0.4, 0.5) is 0 Å². The van der Waals surface area contributed by atoms with Gasteiger partial charge in [-0.25, -0.2) is 0 Å². The van der Waals surface area contributed by atoms with Crippen molar-refractivity contribution in [3.05, 3.63) is 21.4 Å². The lowest BCUT2D eigenvalue weighted by Crippen LogP contribution is -2.47. The Morgan fingerprint density at radius 3 is 2.95 bits per heavy atom. The summed E-state index contributed by atoms with van der Waals surface area (Å²) in [6.45, 7) is 2.95. The van der Waals surface area contributed by atoms with Gasteiger partial charge in [-0.15, -0.1) is 11.3 Å². The van der Waals surface area contributed by atoms with Crippen molar-refractivity contribution in [2.24, 2.45) is 0 Å². The van der Waals surface area contributed by atoms with E-state index in [1.807, 2.05) is 5.38 Å². The topological polar surface area (TPSA) is 53.2 Å². The van der Waals surface area contributed by atoms with Crippen molar-refractivity contribution in [2.45, 2.75) is 45.4 Å². The van der Waals surface area contributed by atoms with Crippen LogP contribution in [0.15, 0.2) is 5.38 Å². The van der Waals surface area contributed by atoms with Crippen LogP contribution in [0.3, 0.4) is 0 Å². The molecule has 1 amide bonds. The summed E-state index contributed by atoms with van der Waals surface area (Å²) in [6.07, 6.45) is 6.71. The molecule has 0 saturated carbocycles. The number of unbranched alkanes of at least 4 members (excludes halogenated alkanes) is 1. The SMILES string of the molecule is CCCCNC(=S)NNC(=O)c1csc2c1CCCC2. The number of carbonyl (C=O) groups is 1. The molecule has 20 heavy (non-hydrogen) atoms. The number of rotatable bonds is 4. The molecule has 0 unspecified atom stereocenters. The molecule has 0 spiro atoms. The average molecular weight is 311 g/mol. The molecule has 0 radical (unpaired) electrons. The van der Waals surface area contributed by atoms with Crippen molar-refractivity contribution in [2.75, 3.05) is 6.54 Å². The van der Waals surface area contributed by atoms with E-state index in [0.717, 1.165) is 37.8 Å². The van der Waals surface area contributed by atoms with Gasteiger partial charge in [0.2, 0.25) is 0 Å². The number of amides is 1. The molecule has 0 aromatic carbocycles. The van der Waals surface area contributed by atoms with Gasteiger partial charge < -0.3 is 5.32 Å². The zero-order valence-corrected chi connectivity index (χ0v) is 13.4. The maximum Gasteiger partial charge on any atom is 0.270 e. The molecule has 1 aromatic rings. The smallest absolute Gasteiger partial charge is 0.270 e. The van der Waals surface area contributed by atoms with Gasteiger partial charge in [0.05, 0.1) is 5.56 Å². The third-order valence-corrected chi connectivity index (χ3v) is 4.75. The van der Waals surface area contributed by atoms with E-state index in [4.69, 9.17) is 12.2 Å². The van der Waals surface area contributed by atoms with Gasteiger partial charge in [0.15, 0.2) is 5.11 Å². The molecular weight excluding hydrogens is 290 g/mol. The molecule has 1 aromatic heterocycles. The molecule has 1 aliphatic rings. The fourth-order valence-electron chi connectivity index (χ4n) is 2.29. The summed E-state index contributed by atoms with van der Waals surface area (Å²) >= 11 is 6.80. The van der Waals surface area contributed by atoms with E-state index in [-0.39, 0.29) is 5.91 Å². The van der Waals surface area contributed by atoms with Gasteiger partial charge in [0.25, 0.3) is 5.91 Å². The molecular formula is C14H21N3OS2. The molecule has 110 valence electrons. The van der Waals surface area contributed by atoms with Crippen molar-refractivity contribution in [1.29, 1.82) is 0 Å². The first-order chi connectivity index (χ1) is 9.72. The lowest BCUT2D eigenvalue weighted by atomic mass is 9.96. The second kappa shape index (κ2) is 7.59. The fraction of sp³-hybridized carbons (Fsp3) is 0.571. The van der Waals surface area contributed by atoms with Crippen molar-refractivity contribution >= 4 is 34.6 Å². The first-order valence-corrected chi connectivity index (χ1v) is 8.44. The molecule has 0 saturated heterocycles. The highest BCUT2D eigenvalue weighted by molar-refractivity contribution is 7.80. The zero-order chi connectivity index (χ0) is 14.4.